The number of nitrogens with zero attached hydrogens (tertiary/aromatic N) is 3. The van der Waals surface area contributed by atoms with E-state index < -0.39 is 0 Å². The number of benzene rings is 2. The summed E-state index contributed by atoms with van der Waals surface area (Å²) in [6, 6.07) is 12.0. The van der Waals surface area contributed by atoms with Gasteiger partial charge in [-0.3, -0.25) is 0 Å². The molecule has 6 heteroatoms. The molecule has 0 aliphatic carbocycles. The molecule has 0 saturated heterocycles. The van der Waals surface area contributed by atoms with E-state index >= 15 is 0 Å². The SMILES string of the molecule is CCCNc1nnc(-c2cccc(F)c2)nc1-c1ccc(F)cc1. The van der Waals surface area contributed by atoms with Crippen molar-refractivity contribution in [1.29, 1.82) is 0 Å². The van der Waals surface area contributed by atoms with Gasteiger partial charge in [0.2, 0.25) is 0 Å². The first kappa shape index (κ1) is 16.0. The monoisotopic (exact) mass is 326 g/mol. The van der Waals surface area contributed by atoms with E-state index in [2.05, 4.69) is 20.5 Å². The quantitative estimate of drug-likeness (QED) is 0.759. The van der Waals surface area contributed by atoms with Crippen LogP contribution in [0.4, 0.5) is 14.6 Å². The van der Waals surface area contributed by atoms with Gasteiger partial charge < -0.3 is 5.32 Å². The predicted octanol–water partition coefficient (Wildman–Crippen LogP) is 4.31. The minimum absolute atomic E-state index is 0.316. The fourth-order valence-electron chi connectivity index (χ4n) is 2.25. The number of halogens is 2. The van der Waals surface area contributed by atoms with Gasteiger partial charge in [-0.05, 0) is 42.8 Å². The molecule has 3 rings (SSSR count). The molecule has 0 aliphatic rings. The number of nitrogens with one attached hydrogen (secondary N) is 1. The van der Waals surface area contributed by atoms with Gasteiger partial charge in [-0.1, -0.05) is 19.1 Å². The summed E-state index contributed by atoms with van der Waals surface area (Å²) in [5, 5.41) is 11.4. The Hall–Kier alpha value is -2.89. The van der Waals surface area contributed by atoms with Crippen molar-refractivity contribution in [3.8, 4) is 22.6 Å². The van der Waals surface area contributed by atoms with Crippen molar-refractivity contribution in [1.82, 2.24) is 15.2 Å². The molecule has 0 unspecified atom stereocenters. The molecule has 1 aromatic heterocycles. The number of hydrogen-bond acceptors (Lipinski definition) is 4. The largest absolute Gasteiger partial charge is 0.367 e. The summed E-state index contributed by atoms with van der Waals surface area (Å²) in [6.45, 7) is 2.75. The minimum Gasteiger partial charge on any atom is -0.367 e. The van der Waals surface area contributed by atoms with Crippen LogP contribution in [0.2, 0.25) is 0 Å². The highest BCUT2D eigenvalue weighted by Gasteiger charge is 2.13. The number of rotatable bonds is 5. The van der Waals surface area contributed by atoms with Crippen molar-refractivity contribution in [3.63, 3.8) is 0 Å². The first-order valence-electron chi connectivity index (χ1n) is 7.68. The molecule has 0 aliphatic heterocycles. The van der Waals surface area contributed by atoms with E-state index in [0.717, 1.165) is 6.42 Å². The summed E-state index contributed by atoms with van der Waals surface area (Å²) in [5.41, 5.74) is 1.80. The van der Waals surface area contributed by atoms with E-state index in [4.69, 9.17) is 0 Å². The fourth-order valence-corrected chi connectivity index (χ4v) is 2.25. The average Bonchev–Trinajstić information content (AvgIpc) is 2.60. The lowest BCUT2D eigenvalue weighted by Gasteiger charge is -2.10. The van der Waals surface area contributed by atoms with E-state index in [1.807, 2.05) is 6.92 Å². The molecule has 2 aromatic carbocycles. The highest BCUT2D eigenvalue weighted by Crippen LogP contribution is 2.26. The Morgan fingerprint density at radius 2 is 1.71 bits per heavy atom. The molecule has 0 atom stereocenters. The van der Waals surface area contributed by atoms with Crippen molar-refractivity contribution >= 4 is 5.82 Å². The standard InChI is InChI=1S/C18H16F2N4/c1-2-10-21-18-16(12-6-8-14(19)9-7-12)22-17(23-24-18)13-4-3-5-15(20)11-13/h3-9,11H,2,10H2,1H3,(H,21,24). The van der Waals surface area contributed by atoms with E-state index in [9.17, 15) is 8.78 Å². The normalized spacial score (nSPS) is 10.6. The van der Waals surface area contributed by atoms with E-state index in [1.54, 1.807) is 24.3 Å². The Morgan fingerprint density at radius 3 is 2.42 bits per heavy atom. The van der Waals surface area contributed by atoms with Crippen LogP contribution in [0.5, 0.6) is 0 Å². The van der Waals surface area contributed by atoms with Gasteiger partial charge in [0.05, 0.1) is 0 Å². The average molecular weight is 326 g/mol. The molecular weight excluding hydrogens is 310 g/mol. The van der Waals surface area contributed by atoms with Gasteiger partial charge in [0.25, 0.3) is 0 Å². The third kappa shape index (κ3) is 3.53. The Kier molecular flexibility index (Phi) is 4.74. The first-order valence-corrected chi connectivity index (χ1v) is 7.68. The van der Waals surface area contributed by atoms with Crippen LogP contribution in [0.3, 0.4) is 0 Å². The lowest BCUT2D eigenvalue weighted by Crippen LogP contribution is -2.07. The Morgan fingerprint density at radius 1 is 0.917 bits per heavy atom. The lowest BCUT2D eigenvalue weighted by molar-refractivity contribution is 0.627. The lowest BCUT2D eigenvalue weighted by atomic mass is 10.1. The van der Waals surface area contributed by atoms with Crippen molar-refractivity contribution in [2.45, 2.75) is 13.3 Å². The van der Waals surface area contributed by atoms with Crippen LogP contribution < -0.4 is 5.32 Å². The summed E-state index contributed by atoms with van der Waals surface area (Å²) < 4.78 is 26.6. The van der Waals surface area contributed by atoms with Gasteiger partial charge in [-0.15, -0.1) is 10.2 Å². The first-order chi connectivity index (χ1) is 11.7. The molecule has 3 aromatic rings. The maximum absolute atomic E-state index is 13.4. The second kappa shape index (κ2) is 7.12. The Bertz CT molecular complexity index is 835. The summed E-state index contributed by atoms with van der Waals surface area (Å²) in [6.07, 6.45) is 0.913. The number of anilines is 1. The van der Waals surface area contributed by atoms with Gasteiger partial charge in [-0.2, -0.15) is 0 Å². The zero-order valence-electron chi connectivity index (χ0n) is 13.1. The molecule has 0 spiro atoms. The molecule has 24 heavy (non-hydrogen) atoms. The van der Waals surface area contributed by atoms with Crippen LogP contribution in [-0.4, -0.2) is 21.7 Å². The predicted molar refractivity (Wildman–Crippen MR) is 89.4 cm³/mol. The van der Waals surface area contributed by atoms with Gasteiger partial charge in [0, 0.05) is 17.7 Å². The molecule has 4 nitrogen and oxygen atoms in total. The molecule has 1 N–H and O–H groups in total. The highest BCUT2D eigenvalue weighted by atomic mass is 19.1. The molecule has 0 radical (unpaired) electrons. The van der Waals surface area contributed by atoms with Crippen molar-refractivity contribution in [2.75, 3.05) is 11.9 Å². The van der Waals surface area contributed by atoms with Gasteiger partial charge in [-0.25, -0.2) is 13.8 Å². The molecule has 0 bridgehead atoms. The van der Waals surface area contributed by atoms with E-state index in [1.165, 1.54) is 24.3 Å². The van der Waals surface area contributed by atoms with E-state index in [0.29, 0.717) is 35.0 Å². The zero-order valence-corrected chi connectivity index (χ0v) is 13.1. The third-order valence-electron chi connectivity index (χ3n) is 3.43. The smallest absolute Gasteiger partial charge is 0.182 e. The maximum Gasteiger partial charge on any atom is 0.182 e. The van der Waals surface area contributed by atoms with Crippen LogP contribution >= 0.6 is 0 Å². The van der Waals surface area contributed by atoms with Crippen LogP contribution in [0, 0.1) is 11.6 Å². The molecule has 122 valence electrons. The fraction of sp³-hybridized carbons (Fsp3) is 0.167. The molecule has 1 heterocycles. The second-order valence-corrected chi connectivity index (χ2v) is 5.28. The summed E-state index contributed by atoms with van der Waals surface area (Å²) in [7, 11) is 0. The Balaban J connectivity index is 2.08. The molecular formula is C18H16F2N4. The maximum atomic E-state index is 13.4. The molecule has 0 saturated carbocycles. The highest BCUT2D eigenvalue weighted by molar-refractivity contribution is 5.73. The Labute approximate surface area is 138 Å². The van der Waals surface area contributed by atoms with Gasteiger partial charge in [0.1, 0.15) is 17.3 Å². The molecule has 0 amide bonds. The van der Waals surface area contributed by atoms with Crippen molar-refractivity contribution in [3.05, 3.63) is 60.2 Å². The van der Waals surface area contributed by atoms with Crippen LogP contribution in [0.15, 0.2) is 48.5 Å². The van der Waals surface area contributed by atoms with Crippen LogP contribution in [0.1, 0.15) is 13.3 Å². The summed E-state index contributed by atoms with van der Waals surface area (Å²) >= 11 is 0. The number of hydrogen-bond donors (Lipinski definition) is 1. The summed E-state index contributed by atoms with van der Waals surface area (Å²) in [4.78, 5) is 4.51. The van der Waals surface area contributed by atoms with Crippen molar-refractivity contribution in [2.24, 2.45) is 0 Å². The zero-order chi connectivity index (χ0) is 16.9. The van der Waals surface area contributed by atoms with Gasteiger partial charge in [0.15, 0.2) is 11.6 Å². The third-order valence-corrected chi connectivity index (χ3v) is 3.43. The van der Waals surface area contributed by atoms with Crippen LogP contribution in [-0.2, 0) is 0 Å². The topological polar surface area (TPSA) is 50.7 Å². The summed E-state index contributed by atoms with van der Waals surface area (Å²) in [5.74, 6) is 0.140. The van der Waals surface area contributed by atoms with Crippen molar-refractivity contribution < 1.29 is 8.78 Å². The van der Waals surface area contributed by atoms with Gasteiger partial charge >= 0.3 is 0 Å². The molecule has 0 fully saturated rings. The number of aromatic nitrogens is 3. The second-order valence-electron chi connectivity index (χ2n) is 5.28. The van der Waals surface area contributed by atoms with E-state index in [-0.39, 0.29) is 11.6 Å². The van der Waals surface area contributed by atoms with Crippen LogP contribution in [0.25, 0.3) is 22.6 Å². The minimum atomic E-state index is -0.368.